The molecule has 2 aromatic carbocycles. The number of hydrogen-bond acceptors (Lipinski definition) is 2. The van der Waals surface area contributed by atoms with E-state index >= 15 is 0 Å². The summed E-state index contributed by atoms with van der Waals surface area (Å²) in [7, 11) is 0. The molecule has 98 valence electrons. The average molecular weight is 270 g/mol. The molecule has 0 amide bonds. The topological polar surface area (TPSA) is 37.3 Å². The monoisotopic (exact) mass is 270 g/mol. The molecule has 0 heterocycles. The maximum absolute atomic E-state index is 13.5. The number of benzene rings is 2. The number of carbonyl (C=O) groups is 1. The van der Waals surface area contributed by atoms with E-state index in [4.69, 9.17) is 5.11 Å². The van der Waals surface area contributed by atoms with Crippen molar-refractivity contribution >= 4 is 5.78 Å². The number of halogens is 4. The van der Waals surface area contributed by atoms with E-state index in [0.29, 0.717) is 0 Å². The molecule has 2 rings (SSSR count). The first-order valence-electron chi connectivity index (χ1n) is 5.09. The van der Waals surface area contributed by atoms with Gasteiger partial charge in [-0.25, -0.2) is 8.78 Å². The number of ketones is 1. The van der Waals surface area contributed by atoms with Crippen molar-refractivity contribution in [1.82, 2.24) is 0 Å². The lowest BCUT2D eigenvalue weighted by atomic mass is 10.0. The van der Waals surface area contributed by atoms with Gasteiger partial charge in [-0.3, -0.25) is 4.79 Å². The molecule has 0 fully saturated rings. The van der Waals surface area contributed by atoms with E-state index in [2.05, 4.69) is 0 Å². The van der Waals surface area contributed by atoms with Gasteiger partial charge in [0.1, 0.15) is 5.56 Å². The van der Waals surface area contributed by atoms with Crippen molar-refractivity contribution in [2.45, 2.75) is 0 Å². The fraction of sp³-hybridized carbons (Fsp3) is 0. The SMILES string of the molecule is O=C(c1ccccc1)c1c(F)c(F)c(O)c(F)c1F. The van der Waals surface area contributed by atoms with Gasteiger partial charge >= 0.3 is 0 Å². The van der Waals surface area contributed by atoms with Crippen LogP contribution in [-0.4, -0.2) is 10.9 Å². The molecule has 0 aromatic heterocycles. The van der Waals surface area contributed by atoms with Gasteiger partial charge in [-0.2, -0.15) is 8.78 Å². The lowest BCUT2D eigenvalue weighted by Crippen LogP contribution is -2.11. The summed E-state index contributed by atoms with van der Waals surface area (Å²) in [4.78, 5) is 11.8. The molecular formula is C13H6F4O2. The summed E-state index contributed by atoms with van der Waals surface area (Å²) in [5, 5.41) is 8.80. The molecule has 0 bridgehead atoms. The lowest BCUT2D eigenvalue weighted by Gasteiger charge is -2.07. The second kappa shape index (κ2) is 4.72. The normalized spacial score (nSPS) is 10.5. The summed E-state index contributed by atoms with van der Waals surface area (Å²) in [6, 6.07) is 6.89. The van der Waals surface area contributed by atoms with Gasteiger partial charge in [-0.1, -0.05) is 30.3 Å². The third kappa shape index (κ3) is 2.05. The average Bonchev–Trinajstić information content (AvgIpc) is 2.44. The van der Waals surface area contributed by atoms with Crippen LogP contribution < -0.4 is 0 Å². The first-order chi connectivity index (χ1) is 8.95. The lowest BCUT2D eigenvalue weighted by molar-refractivity contribution is 0.102. The maximum Gasteiger partial charge on any atom is 0.204 e. The second-order valence-corrected chi connectivity index (χ2v) is 3.67. The first kappa shape index (κ1) is 13.1. The van der Waals surface area contributed by atoms with Crippen LogP contribution in [0.5, 0.6) is 5.75 Å². The minimum Gasteiger partial charge on any atom is -0.503 e. The molecule has 0 unspecified atom stereocenters. The largest absolute Gasteiger partial charge is 0.503 e. The molecule has 0 aliphatic rings. The highest BCUT2D eigenvalue weighted by molar-refractivity contribution is 6.09. The zero-order chi connectivity index (χ0) is 14.2. The zero-order valence-electron chi connectivity index (χ0n) is 9.25. The Morgan fingerprint density at radius 1 is 0.842 bits per heavy atom. The molecule has 2 nitrogen and oxygen atoms in total. The summed E-state index contributed by atoms with van der Waals surface area (Å²) in [5.74, 6) is -10.9. The summed E-state index contributed by atoms with van der Waals surface area (Å²) >= 11 is 0. The first-order valence-corrected chi connectivity index (χ1v) is 5.09. The summed E-state index contributed by atoms with van der Waals surface area (Å²) in [6.07, 6.45) is 0. The number of phenols is 1. The second-order valence-electron chi connectivity index (χ2n) is 3.67. The van der Waals surface area contributed by atoms with Gasteiger partial charge in [-0.05, 0) is 0 Å². The van der Waals surface area contributed by atoms with Crippen molar-refractivity contribution in [3.8, 4) is 5.75 Å². The molecule has 0 aliphatic heterocycles. The molecule has 0 spiro atoms. The molecule has 0 radical (unpaired) electrons. The standard InChI is InChI=1S/C13H6F4O2/c14-8-7(9(15)11(17)13(19)10(8)16)12(18)6-4-2-1-3-5-6/h1-5,19H. The Labute approximate surface area is 104 Å². The Balaban J connectivity index is 2.67. The van der Waals surface area contributed by atoms with Gasteiger partial charge in [0.2, 0.25) is 11.6 Å². The van der Waals surface area contributed by atoms with Crippen molar-refractivity contribution in [2.24, 2.45) is 0 Å². The highest BCUT2D eigenvalue weighted by Gasteiger charge is 2.29. The van der Waals surface area contributed by atoms with Crippen LogP contribution in [0, 0.1) is 23.3 Å². The molecule has 6 heteroatoms. The van der Waals surface area contributed by atoms with Gasteiger partial charge in [0, 0.05) is 5.56 Å². The van der Waals surface area contributed by atoms with Crippen LogP contribution in [0.4, 0.5) is 17.6 Å². The van der Waals surface area contributed by atoms with E-state index in [1.54, 1.807) is 6.07 Å². The van der Waals surface area contributed by atoms with Crippen molar-refractivity contribution in [2.75, 3.05) is 0 Å². The van der Waals surface area contributed by atoms with Crippen LogP contribution in [0.15, 0.2) is 30.3 Å². The number of carbonyl (C=O) groups excluding carboxylic acids is 1. The maximum atomic E-state index is 13.5. The van der Waals surface area contributed by atoms with E-state index < -0.39 is 40.4 Å². The van der Waals surface area contributed by atoms with Crippen molar-refractivity contribution in [1.29, 1.82) is 0 Å². The Bertz CT molecular complexity index is 624. The zero-order valence-corrected chi connectivity index (χ0v) is 9.25. The van der Waals surface area contributed by atoms with E-state index in [9.17, 15) is 22.4 Å². The smallest absolute Gasteiger partial charge is 0.204 e. The summed E-state index contributed by atoms with van der Waals surface area (Å²) in [6.45, 7) is 0. The third-order valence-electron chi connectivity index (χ3n) is 2.50. The minimum atomic E-state index is -2.00. The molecule has 0 saturated carbocycles. The predicted molar refractivity (Wildman–Crippen MR) is 57.8 cm³/mol. The van der Waals surface area contributed by atoms with Crippen LogP contribution in [0.25, 0.3) is 0 Å². The number of hydrogen-bond donors (Lipinski definition) is 1. The van der Waals surface area contributed by atoms with Crippen LogP contribution in [0.2, 0.25) is 0 Å². The van der Waals surface area contributed by atoms with E-state index in [0.717, 1.165) is 0 Å². The van der Waals surface area contributed by atoms with E-state index in [-0.39, 0.29) is 5.56 Å². The number of phenolic OH excluding ortho intramolecular Hbond substituents is 1. The summed E-state index contributed by atoms with van der Waals surface area (Å²) < 4.78 is 53.2. The summed E-state index contributed by atoms with van der Waals surface area (Å²) in [5.41, 5.74) is -1.51. The van der Waals surface area contributed by atoms with Gasteiger partial charge in [0.05, 0.1) is 0 Å². The Hall–Kier alpha value is -2.37. The highest BCUT2D eigenvalue weighted by Crippen LogP contribution is 2.30. The number of rotatable bonds is 2. The van der Waals surface area contributed by atoms with Crippen LogP contribution in [0.1, 0.15) is 15.9 Å². The molecular weight excluding hydrogens is 264 g/mol. The molecule has 1 N–H and O–H groups in total. The van der Waals surface area contributed by atoms with Crippen LogP contribution >= 0.6 is 0 Å². The molecule has 2 aromatic rings. The van der Waals surface area contributed by atoms with E-state index in [1.165, 1.54) is 24.3 Å². The van der Waals surface area contributed by atoms with Gasteiger partial charge in [0.25, 0.3) is 0 Å². The molecule has 19 heavy (non-hydrogen) atoms. The van der Waals surface area contributed by atoms with Crippen molar-refractivity contribution < 1.29 is 27.5 Å². The van der Waals surface area contributed by atoms with Crippen LogP contribution in [-0.2, 0) is 0 Å². The van der Waals surface area contributed by atoms with Gasteiger partial charge < -0.3 is 5.11 Å². The van der Waals surface area contributed by atoms with Gasteiger partial charge in [-0.15, -0.1) is 0 Å². The molecule has 0 saturated heterocycles. The Morgan fingerprint density at radius 3 is 1.79 bits per heavy atom. The Kier molecular flexibility index (Phi) is 3.25. The fourth-order valence-electron chi connectivity index (χ4n) is 1.55. The quantitative estimate of drug-likeness (QED) is 0.517. The fourth-order valence-corrected chi connectivity index (χ4v) is 1.55. The molecule has 0 aliphatic carbocycles. The Morgan fingerprint density at radius 2 is 1.32 bits per heavy atom. The van der Waals surface area contributed by atoms with E-state index in [1.807, 2.05) is 0 Å². The van der Waals surface area contributed by atoms with Crippen molar-refractivity contribution in [3.63, 3.8) is 0 Å². The minimum absolute atomic E-state index is 0.134. The van der Waals surface area contributed by atoms with Crippen LogP contribution in [0.3, 0.4) is 0 Å². The third-order valence-corrected chi connectivity index (χ3v) is 2.50. The number of aromatic hydroxyl groups is 1. The van der Waals surface area contributed by atoms with Gasteiger partial charge in [0.15, 0.2) is 23.2 Å². The molecule has 0 atom stereocenters. The highest BCUT2D eigenvalue weighted by atomic mass is 19.2. The predicted octanol–water partition coefficient (Wildman–Crippen LogP) is 3.18. The van der Waals surface area contributed by atoms with Crippen molar-refractivity contribution in [3.05, 3.63) is 64.7 Å².